The number of hydrogen-bond donors (Lipinski definition) is 2. The number of aliphatic hydroxyl groups excluding tert-OH is 1. The van der Waals surface area contributed by atoms with Crippen LogP contribution >= 0.6 is 23.4 Å². The molecular formula is C13H20ClNOS. The molecule has 0 aliphatic rings. The van der Waals surface area contributed by atoms with E-state index >= 15 is 0 Å². The monoisotopic (exact) mass is 273 g/mol. The molecule has 1 atom stereocenters. The largest absolute Gasteiger partial charge is 0.396 e. The van der Waals surface area contributed by atoms with E-state index in [0.717, 1.165) is 29.3 Å². The molecule has 1 aromatic carbocycles. The Morgan fingerprint density at radius 3 is 2.82 bits per heavy atom. The van der Waals surface area contributed by atoms with Crippen LogP contribution < -0.4 is 5.32 Å². The normalized spacial score (nSPS) is 12.7. The van der Waals surface area contributed by atoms with Gasteiger partial charge in [0.1, 0.15) is 0 Å². The second kappa shape index (κ2) is 7.98. The third kappa shape index (κ3) is 5.30. The second-order valence-corrected chi connectivity index (χ2v) is 5.45. The number of aliphatic hydroxyl groups is 1. The molecular weight excluding hydrogens is 254 g/mol. The Morgan fingerprint density at radius 2 is 2.24 bits per heavy atom. The van der Waals surface area contributed by atoms with Gasteiger partial charge in [0, 0.05) is 30.0 Å². The van der Waals surface area contributed by atoms with Gasteiger partial charge in [0.2, 0.25) is 0 Å². The Labute approximate surface area is 113 Å². The zero-order chi connectivity index (χ0) is 12.7. The third-order valence-corrected chi connectivity index (χ3v) is 3.82. The smallest absolute Gasteiger partial charge is 0.0446 e. The zero-order valence-corrected chi connectivity index (χ0v) is 11.9. The molecule has 4 heteroatoms. The highest BCUT2D eigenvalue weighted by molar-refractivity contribution is 7.98. The van der Waals surface area contributed by atoms with Gasteiger partial charge in [-0.1, -0.05) is 23.7 Å². The summed E-state index contributed by atoms with van der Waals surface area (Å²) >= 11 is 7.78. The van der Waals surface area contributed by atoms with Crippen molar-refractivity contribution in [2.75, 3.05) is 18.6 Å². The molecule has 2 N–H and O–H groups in total. The first-order valence-corrected chi connectivity index (χ1v) is 7.52. The first kappa shape index (κ1) is 14.8. The predicted molar refractivity (Wildman–Crippen MR) is 76.9 cm³/mol. The molecule has 0 amide bonds. The van der Waals surface area contributed by atoms with Gasteiger partial charge < -0.3 is 10.4 Å². The molecule has 0 saturated heterocycles. The van der Waals surface area contributed by atoms with Gasteiger partial charge in [0.25, 0.3) is 0 Å². The zero-order valence-electron chi connectivity index (χ0n) is 10.4. The van der Waals surface area contributed by atoms with Crippen LogP contribution in [0.4, 0.5) is 0 Å². The minimum atomic E-state index is 0.234. The number of rotatable bonds is 7. The molecule has 1 aromatic rings. The first-order valence-electron chi connectivity index (χ1n) is 5.75. The fourth-order valence-electron chi connectivity index (χ4n) is 1.68. The maximum Gasteiger partial charge on any atom is 0.0446 e. The lowest BCUT2D eigenvalue weighted by atomic mass is 10.1. The van der Waals surface area contributed by atoms with Crippen molar-refractivity contribution in [3.8, 4) is 0 Å². The molecule has 0 fully saturated rings. The minimum absolute atomic E-state index is 0.234. The summed E-state index contributed by atoms with van der Waals surface area (Å²) in [7, 11) is 0. The van der Waals surface area contributed by atoms with Gasteiger partial charge in [-0.05, 0) is 36.8 Å². The Balaban J connectivity index is 2.49. The van der Waals surface area contributed by atoms with Crippen molar-refractivity contribution < 1.29 is 5.11 Å². The lowest BCUT2D eigenvalue weighted by molar-refractivity contribution is 0.270. The summed E-state index contributed by atoms with van der Waals surface area (Å²) in [5.41, 5.74) is 2.34. The van der Waals surface area contributed by atoms with Crippen molar-refractivity contribution in [3.05, 3.63) is 34.3 Å². The topological polar surface area (TPSA) is 32.3 Å². The number of thioether (sulfide) groups is 1. The average molecular weight is 274 g/mol. The summed E-state index contributed by atoms with van der Waals surface area (Å²) in [6.07, 6.45) is 2.88. The lowest BCUT2D eigenvalue weighted by Crippen LogP contribution is -2.31. The maximum atomic E-state index is 8.97. The van der Waals surface area contributed by atoms with E-state index in [1.165, 1.54) is 5.56 Å². The Bertz CT molecular complexity index is 340. The molecule has 0 spiro atoms. The summed E-state index contributed by atoms with van der Waals surface area (Å²) < 4.78 is 0. The SMILES string of the molecule is CSCC(CCO)NCc1ccc(Cl)c(C)c1. The first-order chi connectivity index (χ1) is 8.17. The summed E-state index contributed by atoms with van der Waals surface area (Å²) in [5, 5.41) is 13.2. The predicted octanol–water partition coefficient (Wildman–Crippen LogP) is 2.85. The van der Waals surface area contributed by atoms with Gasteiger partial charge in [-0.3, -0.25) is 0 Å². The highest BCUT2D eigenvalue weighted by Crippen LogP contribution is 2.16. The molecule has 0 radical (unpaired) electrons. The fourth-order valence-corrected chi connectivity index (χ4v) is 2.48. The van der Waals surface area contributed by atoms with Crippen LogP contribution in [0.25, 0.3) is 0 Å². The van der Waals surface area contributed by atoms with Gasteiger partial charge in [-0.15, -0.1) is 0 Å². The summed E-state index contributed by atoms with van der Waals surface area (Å²) in [6.45, 7) is 3.07. The van der Waals surface area contributed by atoms with Crippen molar-refractivity contribution >= 4 is 23.4 Å². The van der Waals surface area contributed by atoms with Gasteiger partial charge >= 0.3 is 0 Å². The third-order valence-electron chi connectivity index (χ3n) is 2.66. The Kier molecular flexibility index (Phi) is 6.97. The molecule has 2 nitrogen and oxygen atoms in total. The standard InChI is InChI=1S/C13H20ClNOS/c1-10-7-11(3-4-13(10)14)8-15-12(5-6-16)9-17-2/h3-4,7,12,15-16H,5-6,8-9H2,1-2H3. The quantitative estimate of drug-likeness (QED) is 0.801. The molecule has 17 heavy (non-hydrogen) atoms. The van der Waals surface area contributed by atoms with E-state index in [9.17, 15) is 0 Å². The van der Waals surface area contributed by atoms with Crippen molar-refractivity contribution in [2.24, 2.45) is 0 Å². The van der Waals surface area contributed by atoms with Crippen LogP contribution in [-0.4, -0.2) is 29.8 Å². The van der Waals surface area contributed by atoms with E-state index in [0.29, 0.717) is 6.04 Å². The molecule has 1 unspecified atom stereocenters. The summed E-state index contributed by atoms with van der Waals surface area (Å²) in [4.78, 5) is 0. The lowest BCUT2D eigenvalue weighted by Gasteiger charge is -2.17. The number of halogens is 1. The van der Waals surface area contributed by atoms with E-state index in [-0.39, 0.29) is 6.61 Å². The van der Waals surface area contributed by atoms with E-state index in [2.05, 4.69) is 17.6 Å². The van der Waals surface area contributed by atoms with Gasteiger partial charge in [-0.2, -0.15) is 11.8 Å². The summed E-state index contributed by atoms with van der Waals surface area (Å²) in [6, 6.07) is 6.44. The van der Waals surface area contributed by atoms with Crippen LogP contribution in [0.15, 0.2) is 18.2 Å². The maximum absolute atomic E-state index is 8.97. The van der Waals surface area contributed by atoms with Crippen molar-refractivity contribution in [2.45, 2.75) is 25.9 Å². The van der Waals surface area contributed by atoms with Crippen molar-refractivity contribution in [1.82, 2.24) is 5.32 Å². The molecule has 0 heterocycles. The number of benzene rings is 1. The van der Waals surface area contributed by atoms with Crippen molar-refractivity contribution in [3.63, 3.8) is 0 Å². The summed E-state index contributed by atoms with van der Waals surface area (Å²) in [5.74, 6) is 1.02. The molecule has 0 aliphatic carbocycles. The Morgan fingerprint density at radius 1 is 1.47 bits per heavy atom. The molecule has 0 saturated carbocycles. The van der Waals surface area contributed by atoms with Crippen LogP contribution in [0.2, 0.25) is 5.02 Å². The number of nitrogens with one attached hydrogen (secondary N) is 1. The highest BCUT2D eigenvalue weighted by Gasteiger charge is 2.07. The van der Waals surface area contributed by atoms with Crippen LogP contribution in [-0.2, 0) is 6.54 Å². The molecule has 0 aliphatic heterocycles. The molecule has 96 valence electrons. The van der Waals surface area contributed by atoms with Crippen LogP contribution in [0.5, 0.6) is 0 Å². The van der Waals surface area contributed by atoms with E-state index in [1.807, 2.05) is 19.1 Å². The van der Waals surface area contributed by atoms with E-state index in [1.54, 1.807) is 11.8 Å². The van der Waals surface area contributed by atoms with E-state index < -0.39 is 0 Å². The molecule has 0 aromatic heterocycles. The second-order valence-electron chi connectivity index (χ2n) is 4.13. The van der Waals surface area contributed by atoms with Gasteiger partial charge in [-0.25, -0.2) is 0 Å². The number of hydrogen-bond acceptors (Lipinski definition) is 3. The van der Waals surface area contributed by atoms with Crippen molar-refractivity contribution in [1.29, 1.82) is 0 Å². The fraction of sp³-hybridized carbons (Fsp3) is 0.538. The number of aryl methyl sites for hydroxylation is 1. The van der Waals surface area contributed by atoms with Crippen LogP contribution in [0.1, 0.15) is 17.5 Å². The Hall–Kier alpha value is -0.220. The van der Waals surface area contributed by atoms with Crippen LogP contribution in [0.3, 0.4) is 0 Å². The van der Waals surface area contributed by atoms with Crippen LogP contribution in [0, 0.1) is 6.92 Å². The average Bonchev–Trinajstić information content (AvgIpc) is 2.31. The van der Waals surface area contributed by atoms with E-state index in [4.69, 9.17) is 16.7 Å². The minimum Gasteiger partial charge on any atom is -0.396 e. The molecule has 0 bridgehead atoms. The van der Waals surface area contributed by atoms with Gasteiger partial charge in [0.15, 0.2) is 0 Å². The highest BCUT2D eigenvalue weighted by atomic mass is 35.5. The molecule has 1 rings (SSSR count). The van der Waals surface area contributed by atoms with Gasteiger partial charge in [0.05, 0.1) is 0 Å².